The molecule has 5 heteroatoms. The van der Waals surface area contributed by atoms with E-state index in [1.54, 1.807) is 0 Å². The van der Waals surface area contributed by atoms with Crippen molar-refractivity contribution < 1.29 is 24.2 Å². The molecule has 3 aliphatic rings. The van der Waals surface area contributed by atoms with Crippen LogP contribution in [0.25, 0.3) is 22.8 Å². The average molecular weight is 922 g/mol. The monoisotopic (exact) mass is 918 g/mol. The molecule has 0 spiro atoms. The van der Waals surface area contributed by atoms with Crippen molar-refractivity contribution in [3.05, 3.63) is 211 Å². The molecule has 0 fully saturated rings. The van der Waals surface area contributed by atoms with E-state index in [1.165, 1.54) is 112 Å². The van der Waals surface area contributed by atoms with Crippen LogP contribution in [-0.2, 0) is 42.5 Å². The van der Waals surface area contributed by atoms with Gasteiger partial charge >= 0.3 is 133 Å². The van der Waals surface area contributed by atoms with Gasteiger partial charge in [-0.2, -0.15) is 23.8 Å². The van der Waals surface area contributed by atoms with E-state index in [2.05, 4.69) is 150 Å². The topological polar surface area (TPSA) is 0 Å². The molecule has 3 aliphatic carbocycles. The predicted octanol–water partition coefficient (Wildman–Crippen LogP) is 13.7. The number of hydrogen-bond donors (Lipinski definition) is 0. The van der Waals surface area contributed by atoms with Gasteiger partial charge < -0.3 is 0 Å². The molecule has 0 amide bonds. The van der Waals surface area contributed by atoms with Crippen LogP contribution in [0.4, 0.5) is 0 Å². The fourth-order valence-electron chi connectivity index (χ4n) is 7.51. The maximum Gasteiger partial charge on any atom is -0.109 e. The van der Waals surface area contributed by atoms with Gasteiger partial charge in [-0.1, -0.05) is 108 Å². The van der Waals surface area contributed by atoms with Crippen LogP contribution in [-0.4, -0.2) is 3.21 Å². The second kappa shape index (κ2) is 22.4. The maximum atomic E-state index is 5.88. The molecule has 5 aromatic rings. The molecular formula is C53H52Cl4Zr. The Kier molecular flexibility index (Phi) is 18.3. The molecule has 0 heterocycles. The van der Waals surface area contributed by atoms with Crippen molar-refractivity contribution in [2.45, 2.75) is 78.6 Å². The SMILES string of the molecule is CCCCC1(c2ccc(C)cc2)[C-]=C2C=c3cc(-c4ccc(C)cc4)c(C)cc3=C2C=C1C.Cl.Cl.Clc1ccc(C[C](=[Zr+2])Cc2ccc(Cl)cc2)cc1.[C-]1=CC=CC1. The standard InChI is InChI=1S/C33H33.C15H12Cl2.C5H5.2ClH.Zr/c1-6-7-16-33(29-14-10-23(3)11-15-29)21-28-19-27-20-30(26-12-8-22(2)9-13-26)24(4)17-31(27)32(28)18-25(33)5;16-14-8-4-12(5-9-14)2-1-3-13-6-10-15(17)11-7-13;1-2-4-5-3-1;;;/h8-15,17-20H,6-7,16H2,1-5H3;4-11H,2-3H2;1-3H,4H2;2*1H;/q-1;;-1;;;+2. The van der Waals surface area contributed by atoms with Crippen LogP contribution in [0.5, 0.6) is 0 Å². The van der Waals surface area contributed by atoms with E-state index < -0.39 is 0 Å². The Labute approximate surface area is 384 Å². The van der Waals surface area contributed by atoms with Crippen LogP contribution >= 0.6 is 48.0 Å². The normalized spacial score (nSPS) is 15.5. The van der Waals surface area contributed by atoms with Crippen molar-refractivity contribution in [1.82, 2.24) is 0 Å². The van der Waals surface area contributed by atoms with Crippen LogP contribution in [0.1, 0.15) is 72.9 Å². The first-order chi connectivity index (χ1) is 27.0. The van der Waals surface area contributed by atoms with E-state index in [9.17, 15) is 0 Å². The largest absolute Gasteiger partial charge is 0.273 e. The molecule has 0 N–H and O–H groups in total. The third-order valence-electron chi connectivity index (χ3n) is 10.7. The van der Waals surface area contributed by atoms with Gasteiger partial charge in [0.2, 0.25) is 0 Å². The Hall–Kier alpha value is -3.29. The number of halogens is 4. The van der Waals surface area contributed by atoms with E-state index in [1.807, 2.05) is 36.4 Å². The molecule has 5 aromatic carbocycles. The van der Waals surface area contributed by atoms with Crippen LogP contribution in [0.3, 0.4) is 0 Å². The predicted molar refractivity (Wildman–Crippen MR) is 253 cm³/mol. The van der Waals surface area contributed by atoms with Gasteiger partial charge in [0.05, 0.1) is 0 Å². The van der Waals surface area contributed by atoms with Crippen LogP contribution in [0, 0.1) is 32.9 Å². The van der Waals surface area contributed by atoms with Gasteiger partial charge in [0.25, 0.3) is 0 Å². The molecule has 1 atom stereocenters. The molecule has 58 heavy (non-hydrogen) atoms. The summed E-state index contributed by atoms with van der Waals surface area (Å²) in [5.41, 5.74) is 14.4. The van der Waals surface area contributed by atoms with Crippen molar-refractivity contribution in [3.8, 4) is 11.1 Å². The first-order valence-electron chi connectivity index (χ1n) is 19.7. The minimum absolute atomic E-state index is 0. The van der Waals surface area contributed by atoms with Gasteiger partial charge in [-0.15, -0.1) is 42.9 Å². The smallest absolute Gasteiger partial charge is 0.109 e. The summed E-state index contributed by atoms with van der Waals surface area (Å²) in [5, 5.41) is 4.25. The van der Waals surface area contributed by atoms with Crippen molar-refractivity contribution in [3.63, 3.8) is 0 Å². The summed E-state index contributed by atoms with van der Waals surface area (Å²) in [5.74, 6) is 0. The quantitative estimate of drug-likeness (QED) is 0.129. The van der Waals surface area contributed by atoms with E-state index in [0.717, 1.165) is 35.7 Å². The molecule has 0 bridgehead atoms. The molecule has 0 saturated heterocycles. The van der Waals surface area contributed by atoms with Crippen molar-refractivity contribution in [2.24, 2.45) is 0 Å². The fraction of sp³-hybridized carbons (Fsp3) is 0.226. The van der Waals surface area contributed by atoms with E-state index >= 15 is 0 Å². The van der Waals surface area contributed by atoms with E-state index in [-0.39, 0.29) is 30.2 Å². The summed E-state index contributed by atoms with van der Waals surface area (Å²) in [6, 6.07) is 38.9. The number of unbranched alkanes of at least 4 members (excludes halogenated alkanes) is 1. The van der Waals surface area contributed by atoms with Gasteiger partial charge in [-0.25, -0.2) is 12.2 Å². The zero-order chi connectivity index (χ0) is 39.7. The zero-order valence-electron chi connectivity index (χ0n) is 34.1. The van der Waals surface area contributed by atoms with Crippen LogP contribution < -0.4 is 10.4 Å². The molecule has 8 rings (SSSR count). The Morgan fingerprint density at radius 1 is 0.724 bits per heavy atom. The molecule has 0 nitrogen and oxygen atoms in total. The Balaban J connectivity index is 0.000000250. The van der Waals surface area contributed by atoms with E-state index in [4.69, 9.17) is 23.2 Å². The summed E-state index contributed by atoms with van der Waals surface area (Å²) in [6.45, 7) is 11.1. The third-order valence-corrected chi connectivity index (χ3v) is 12.1. The Bertz CT molecular complexity index is 2360. The second-order valence-electron chi connectivity index (χ2n) is 15.1. The second-order valence-corrected chi connectivity index (χ2v) is 17.7. The number of allylic oxidation sites excluding steroid dienone is 8. The maximum absolute atomic E-state index is 5.88. The molecule has 0 radical (unpaired) electrons. The average Bonchev–Trinajstić information content (AvgIpc) is 3.89. The minimum atomic E-state index is -0.143. The van der Waals surface area contributed by atoms with Crippen LogP contribution in [0.15, 0.2) is 145 Å². The Morgan fingerprint density at radius 2 is 1.29 bits per heavy atom. The van der Waals surface area contributed by atoms with E-state index in [0.29, 0.717) is 0 Å². The number of benzene rings is 5. The number of rotatable bonds is 9. The summed E-state index contributed by atoms with van der Waals surface area (Å²) >= 11 is 13.2. The summed E-state index contributed by atoms with van der Waals surface area (Å²) in [7, 11) is 0. The number of aryl methyl sites for hydroxylation is 3. The van der Waals surface area contributed by atoms with Crippen molar-refractivity contribution in [2.75, 3.05) is 0 Å². The van der Waals surface area contributed by atoms with Gasteiger partial charge in [0, 0.05) is 0 Å². The first kappa shape index (κ1) is 47.4. The Morgan fingerprint density at radius 3 is 1.79 bits per heavy atom. The molecule has 296 valence electrons. The summed E-state index contributed by atoms with van der Waals surface area (Å²) < 4.78 is 1.52. The first-order valence-corrected chi connectivity index (χ1v) is 21.6. The fourth-order valence-corrected chi connectivity index (χ4v) is 8.77. The molecule has 0 aromatic heterocycles. The number of fused-ring (bicyclic) bond motifs is 2. The molecular weight excluding hydrogens is 870 g/mol. The van der Waals surface area contributed by atoms with Gasteiger partial charge in [-0.05, 0) is 61.8 Å². The third kappa shape index (κ3) is 12.2. The molecule has 0 aliphatic heterocycles. The zero-order valence-corrected chi connectivity index (χ0v) is 39.7. The summed E-state index contributed by atoms with van der Waals surface area (Å²) in [6.07, 6.45) is 24.4. The van der Waals surface area contributed by atoms with Gasteiger partial charge in [0.15, 0.2) is 0 Å². The van der Waals surface area contributed by atoms with Gasteiger partial charge in [-0.3, -0.25) is 6.08 Å². The van der Waals surface area contributed by atoms with Gasteiger partial charge in [0.1, 0.15) is 0 Å². The number of hydrogen-bond acceptors (Lipinski definition) is 0. The van der Waals surface area contributed by atoms with Crippen molar-refractivity contribution in [1.29, 1.82) is 0 Å². The summed E-state index contributed by atoms with van der Waals surface area (Å²) in [4.78, 5) is 0. The molecule has 1 unspecified atom stereocenters. The molecule has 0 saturated carbocycles. The minimum Gasteiger partial charge on any atom is -0.273 e. The van der Waals surface area contributed by atoms with Crippen LogP contribution in [0.2, 0.25) is 10.0 Å². The van der Waals surface area contributed by atoms with Crippen molar-refractivity contribution >= 4 is 62.9 Å².